The molecule has 1 heterocycles. The van der Waals surface area contributed by atoms with E-state index in [9.17, 15) is 4.79 Å². The molecule has 0 aliphatic carbocycles. The highest BCUT2D eigenvalue weighted by Gasteiger charge is 2.05. The molecule has 1 amide bonds. The molecule has 0 aliphatic heterocycles. The largest absolute Gasteiger partial charge is 0.322 e. The summed E-state index contributed by atoms with van der Waals surface area (Å²) >= 11 is 12.0. The predicted molar refractivity (Wildman–Crippen MR) is 98.0 cm³/mol. The zero-order chi connectivity index (χ0) is 17.8. The number of amides is 1. The van der Waals surface area contributed by atoms with Gasteiger partial charge in [-0.1, -0.05) is 29.3 Å². The molecular formula is C17H13Cl2N5O. The summed E-state index contributed by atoms with van der Waals surface area (Å²) in [5.41, 5.74) is 2.05. The van der Waals surface area contributed by atoms with Crippen LogP contribution < -0.4 is 5.32 Å². The van der Waals surface area contributed by atoms with E-state index in [1.54, 1.807) is 48.0 Å². The van der Waals surface area contributed by atoms with Gasteiger partial charge in [0.2, 0.25) is 5.91 Å². The van der Waals surface area contributed by atoms with Crippen LogP contribution in [-0.2, 0) is 4.79 Å². The Morgan fingerprint density at radius 2 is 2.04 bits per heavy atom. The maximum Gasteiger partial charge on any atom is 0.248 e. The molecule has 2 aromatic carbocycles. The van der Waals surface area contributed by atoms with Gasteiger partial charge in [0.05, 0.1) is 5.69 Å². The van der Waals surface area contributed by atoms with E-state index in [1.165, 1.54) is 6.08 Å². The summed E-state index contributed by atoms with van der Waals surface area (Å²) in [6.07, 6.45) is 3.01. The molecule has 126 valence electrons. The average molecular weight is 374 g/mol. The Bertz CT molecular complexity index is 952. The minimum absolute atomic E-state index is 0.290. The molecule has 25 heavy (non-hydrogen) atoms. The van der Waals surface area contributed by atoms with Gasteiger partial charge in [0.15, 0.2) is 5.82 Å². The Hall–Kier alpha value is -2.70. The number of tetrazole rings is 1. The molecular weight excluding hydrogens is 361 g/mol. The lowest BCUT2D eigenvalue weighted by atomic mass is 10.2. The van der Waals surface area contributed by atoms with E-state index in [1.807, 2.05) is 12.1 Å². The third kappa shape index (κ3) is 4.23. The van der Waals surface area contributed by atoms with Gasteiger partial charge in [0, 0.05) is 21.8 Å². The van der Waals surface area contributed by atoms with E-state index in [2.05, 4.69) is 20.8 Å². The summed E-state index contributed by atoms with van der Waals surface area (Å²) in [5, 5.41) is 15.2. The summed E-state index contributed by atoms with van der Waals surface area (Å²) in [5.74, 6) is 0.362. The smallest absolute Gasteiger partial charge is 0.248 e. The fraction of sp³-hybridized carbons (Fsp3) is 0.0588. The second-order valence-electron chi connectivity index (χ2n) is 5.18. The Kier molecular flexibility index (Phi) is 5.11. The molecule has 8 heteroatoms. The van der Waals surface area contributed by atoms with Crippen LogP contribution in [-0.4, -0.2) is 26.1 Å². The quantitative estimate of drug-likeness (QED) is 0.703. The van der Waals surface area contributed by atoms with E-state index >= 15 is 0 Å². The summed E-state index contributed by atoms with van der Waals surface area (Å²) in [7, 11) is 0. The van der Waals surface area contributed by atoms with Crippen LogP contribution in [0.4, 0.5) is 5.69 Å². The van der Waals surface area contributed by atoms with Gasteiger partial charge in [-0.05, 0) is 65.4 Å². The summed E-state index contributed by atoms with van der Waals surface area (Å²) in [6, 6.07) is 12.3. The number of benzene rings is 2. The van der Waals surface area contributed by atoms with Crippen molar-refractivity contribution in [1.82, 2.24) is 20.2 Å². The second-order valence-corrected chi connectivity index (χ2v) is 6.02. The molecule has 1 N–H and O–H groups in total. The first kappa shape index (κ1) is 17.1. The zero-order valence-corrected chi connectivity index (χ0v) is 14.7. The number of nitrogens with one attached hydrogen (secondary N) is 1. The molecule has 0 saturated heterocycles. The highest BCUT2D eigenvalue weighted by atomic mass is 35.5. The molecule has 0 unspecified atom stereocenters. The van der Waals surface area contributed by atoms with Crippen LogP contribution in [0.15, 0.2) is 48.5 Å². The first-order chi connectivity index (χ1) is 12.0. The fourth-order valence-corrected chi connectivity index (χ4v) is 2.54. The van der Waals surface area contributed by atoms with Crippen LogP contribution in [0.3, 0.4) is 0 Å². The number of aromatic nitrogens is 4. The van der Waals surface area contributed by atoms with Crippen molar-refractivity contribution >= 4 is 40.9 Å². The van der Waals surface area contributed by atoms with Gasteiger partial charge in [0.25, 0.3) is 0 Å². The van der Waals surface area contributed by atoms with Crippen molar-refractivity contribution < 1.29 is 4.79 Å². The molecule has 6 nitrogen and oxygen atoms in total. The Labute approximate surface area is 154 Å². The Morgan fingerprint density at radius 1 is 1.20 bits per heavy atom. The molecule has 0 aliphatic rings. The SMILES string of the molecule is Cc1nnnn1-c1cccc(NC(=O)/C=C/c2cc(Cl)ccc2Cl)c1. The number of anilines is 1. The monoisotopic (exact) mass is 373 g/mol. The average Bonchev–Trinajstić information content (AvgIpc) is 3.02. The molecule has 0 atom stereocenters. The van der Waals surface area contributed by atoms with E-state index in [0.717, 1.165) is 5.69 Å². The number of halogens is 2. The number of hydrogen-bond donors (Lipinski definition) is 1. The first-order valence-corrected chi connectivity index (χ1v) is 8.08. The third-order valence-corrected chi connectivity index (χ3v) is 3.94. The molecule has 0 bridgehead atoms. The first-order valence-electron chi connectivity index (χ1n) is 7.32. The van der Waals surface area contributed by atoms with Crippen molar-refractivity contribution in [3.05, 3.63) is 70.0 Å². The lowest BCUT2D eigenvalue weighted by Crippen LogP contribution is -2.08. The van der Waals surface area contributed by atoms with Crippen molar-refractivity contribution in [2.24, 2.45) is 0 Å². The van der Waals surface area contributed by atoms with Crippen molar-refractivity contribution in [2.75, 3.05) is 5.32 Å². The Balaban J connectivity index is 1.74. The second kappa shape index (κ2) is 7.46. The number of carbonyl (C=O) groups is 1. The van der Waals surface area contributed by atoms with Gasteiger partial charge < -0.3 is 5.32 Å². The number of hydrogen-bond acceptors (Lipinski definition) is 4. The van der Waals surface area contributed by atoms with Crippen molar-refractivity contribution in [3.63, 3.8) is 0 Å². The van der Waals surface area contributed by atoms with E-state index in [-0.39, 0.29) is 5.91 Å². The number of rotatable bonds is 4. The number of nitrogens with zero attached hydrogens (tertiary/aromatic N) is 4. The zero-order valence-electron chi connectivity index (χ0n) is 13.1. The van der Waals surface area contributed by atoms with Crippen molar-refractivity contribution in [3.8, 4) is 5.69 Å². The van der Waals surface area contributed by atoms with Gasteiger partial charge in [-0.15, -0.1) is 5.10 Å². The third-order valence-electron chi connectivity index (χ3n) is 3.36. The molecule has 0 spiro atoms. The number of aryl methyl sites for hydroxylation is 1. The van der Waals surface area contributed by atoms with Crippen LogP contribution in [0, 0.1) is 6.92 Å². The van der Waals surface area contributed by atoms with E-state index in [4.69, 9.17) is 23.2 Å². The van der Waals surface area contributed by atoms with Crippen LogP contribution in [0.25, 0.3) is 11.8 Å². The molecule has 0 fully saturated rings. The van der Waals surface area contributed by atoms with E-state index in [0.29, 0.717) is 27.1 Å². The topological polar surface area (TPSA) is 72.7 Å². The molecule has 3 rings (SSSR count). The highest BCUT2D eigenvalue weighted by Crippen LogP contribution is 2.22. The maximum atomic E-state index is 12.1. The van der Waals surface area contributed by atoms with Crippen LogP contribution in [0.1, 0.15) is 11.4 Å². The normalized spacial score (nSPS) is 11.0. The lowest BCUT2D eigenvalue weighted by Gasteiger charge is -2.06. The maximum absolute atomic E-state index is 12.1. The predicted octanol–water partition coefficient (Wildman–Crippen LogP) is 3.93. The highest BCUT2D eigenvalue weighted by molar-refractivity contribution is 6.34. The molecule has 3 aromatic rings. The lowest BCUT2D eigenvalue weighted by molar-refractivity contribution is -0.111. The Morgan fingerprint density at radius 3 is 2.80 bits per heavy atom. The minimum atomic E-state index is -0.290. The molecule has 0 radical (unpaired) electrons. The fourth-order valence-electron chi connectivity index (χ4n) is 2.18. The minimum Gasteiger partial charge on any atom is -0.322 e. The van der Waals surface area contributed by atoms with Gasteiger partial charge in [-0.2, -0.15) is 4.68 Å². The summed E-state index contributed by atoms with van der Waals surface area (Å²) in [4.78, 5) is 12.1. The van der Waals surface area contributed by atoms with Crippen molar-refractivity contribution in [2.45, 2.75) is 6.92 Å². The van der Waals surface area contributed by atoms with E-state index < -0.39 is 0 Å². The summed E-state index contributed by atoms with van der Waals surface area (Å²) < 4.78 is 1.58. The molecule has 1 aromatic heterocycles. The standard InChI is InChI=1S/C17H13Cl2N5O/c1-11-21-22-23-24(11)15-4-2-3-14(10-15)20-17(25)8-5-12-9-13(18)6-7-16(12)19/h2-10H,1H3,(H,20,25)/b8-5+. The van der Waals surface area contributed by atoms with Gasteiger partial charge in [0.1, 0.15) is 0 Å². The van der Waals surface area contributed by atoms with Crippen molar-refractivity contribution in [1.29, 1.82) is 0 Å². The van der Waals surface area contributed by atoms with Crippen LogP contribution >= 0.6 is 23.2 Å². The van der Waals surface area contributed by atoms with Gasteiger partial charge in [-0.25, -0.2) is 0 Å². The molecule has 0 saturated carbocycles. The summed E-state index contributed by atoms with van der Waals surface area (Å²) in [6.45, 7) is 1.79. The van der Waals surface area contributed by atoms with Crippen LogP contribution in [0.5, 0.6) is 0 Å². The van der Waals surface area contributed by atoms with Gasteiger partial charge in [-0.3, -0.25) is 4.79 Å². The van der Waals surface area contributed by atoms with Crippen LogP contribution in [0.2, 0.25) is 10.0 Å². The number of carbonyl (C=O) groups excluding carboxylic acids is 1. The van der Waals surface area contributed by atoms with Gasteiger partial charge >= 0.3 is 0 Å².